The summed E-state index contributed by atoms with van der Waals surface area (Å²) in [6.07, 6.45) is -4.57. The van der Waals surface area contributed by atoms with Crippen molar-refractivity contribution in [1.82, 2.24) is 5.32 Å². The molecule has 102 valence electrons. The van der Waals surface area contributed by atoms with Gasteiger partial charge in [-0.3, -0.25) is 0 Å². The lowest BCUT2D eigenvalue weighted by Gasteiger charge is -2.41. The molecule has 1 fully saturated rings. The zero-order valence-electron chi connectivity index (χ0n) is 10.5. The first-order chi connectivity index (χ1) is 7.76. The van der Waals surface area contributed by atoms with E-state index in [9.17, 15) is 15.3 Å². The van der Waals surface area contributed by atoms with Crippen molar-refractivity contribution in [2.45, 2.75) is 51.4 Å². The van der Waals surface area contributed by atoms with Crippen molar-refractivity contribution in [1.29, 1.82) is 0 Å². The van der Waals surface area contributed by atoms with Crippen LogP contribution in [0, 0.1) is 5.41 Å². The Morgan fingerprint density at radius 3 is 2.18 bits per heavy atom. The van der Waals surface area contributed by atoms with Crippen LogP contribution in [0.1, 0.15) is 20.8 Å². The molecule has 0 spiro atoms. The van der Waals surface area contributed by atoms with Gasteiger partial charge in [0.1, 0.15) is 18.3 Å². The van der Waals surface area contributed by atoms with Gasteiger partial charge in [0.05, 0.1) is 12.6 Å². The Bertz CT molecular complexity index is 243. The Labute approximate surface area is 101 Å². The summed E-state index contributed by atoms with van der Waals surface area (Å²) in [4.78, 5) is 0. The molecule has 1 rings (SSSR count). The summed E-state index contributed by atoms with van der Waals surface area (Å²) in [6.45, 7) is 6.15. The molecule has 0 aromatic carbocycles. The molecule has 1 aliphatic rings. The number of hydrogen-bond acceptors (Lipinski definition) is 6. The van der Waals surface area contributed by atoms with E-state index in [0.29, 0.717) is 6.54 Å². The van der Waals surface area contributed by atoms with Crippen LogP contribution < -0.4 is 5.32 Å². The summed E-state index contributed by atoms with van der Waals surface area (Å²) < 4.78 is 5.03. The van der Waals surface area contributed by atoms with Crippen LogP contribution in [0.3, 0.4) is 0 Å². The highest BCUT2D eigenvalue weighted by atomic mass is 16.6. The average molecular weight is 249 g/mol. The second-order valence-electron chi connectivity index (χ2n) is 5.70. The van der Waals surface area contributed by atoms with Crippen LogP contribution in [0.25, 0.3) is 0 Å². The van der Waals surface area contributed by atoms with E-state index in [1.165, 1.54) is 0 Å². The highest BCUT2D eigenvalue weighted by Gasteiger charge is 2.43. The van der Waals surface area contributed by atoms with Gasteiger partial charge in [-0.25, -0.2) is 0 Å². The summed E-state index contributed by atoms with van der Waals surface area (Å²) >= 11 is 0. The van der Waals surface area contributed by atoms with E-state index in [-0.39, 0.29) is 5.41 Å². The van der Waals surface area contributed by atoms with E-state index in [1.807, 2.05) is 20.8 Å². The third-order valence-corrected chi connectivity index (χ3v) is 2.77. The lowest BCUT2D eigenvalue weighted by atomic mass is 9.93. The molecular formula is C11H23NO5. The first kappa shape index (κ1) is 14.8. The van der Waals surface area contributed by atoms with Crippen LogP contribution in [-0.2, 0) is 4.74 Å². The summed E-state index contributed by atoms with van der Waals surface area (Å²) in [5.74, 6) is 0. The monoisotopic (exact) mass is 249 g/mol. The molecule has 1 aliphatic heterocycles. The molecule has 1 saturated heterocycles. The van der Waals surface area contributed by atoms with Gasteiger partial charge in [0, 0.05) is 6.54 Å². The van der Waals surface area contributed by atoms with Gasteiger partial charge in [-0.2, -0.15) is 0 Å². The predicted molar refractivity (Wildman–Crippen MR) is 61.2 cm³/mol. The molecule has 0 bridgehead atoms. The lowest BCUT2D eigenvalue weighted by molar-refractivity contribution is -0.254. The maximum atomic E-state index is 9.84. The summed E-state index contributed by atoms with van der Waals surface area (Å²) in [5, 5.41) is 41.1. The fourth-order valence-electron chi connectivity index (χ4n) is 1.74. The first-order valence-electron chi connectivity index (χ1n) is 5.80. The fraction of sp³-hybridized carbons (Fsp3) is 1.00. The van der Waals surface area contributed by atoms with E-state index in [1.54, 1.807) is 0 Å². The third kappa shape index (κ3) is 3.87. The zero-order valence-corrected chi connectivity index (χ0v) is 10.5. The topological polar surface area (TPSA) is 102 Å². The largest absolute Gasteiger partial charge is 0.394 e. The lowest BCUT2D eigenvalue weighted by Crippen LogP contribution is -2.63. The molecule has 6 heteroatoms. The van der Waals surface area contributed by atoms with Crippen LogP contribution in [0.2, 0.25) is 0 Å². The van der Waals surface area contributed by atoms with Gasteiger partial charge in [0.2, 0.25) is 0 Å². The first-order valence-corrected chi connectivity index (χ1v) is 5.80. The highest BCUT2D eigenvalue weighted by Crippen LogP contribution is 2.21. The van der Waals surface area contributed by atoms with E-state index < -0.39 is 37.3 Å². The quantitative estimate of drug-likeness (QED) is 0.414. The van der Waals surface area contributed by atoms with Crippen molar-refractivity contribution in [3.8, 4) is 0 Å². The summed E-state index contributed by atoms with van der Waals surface area (Å²) in [6, 6.07) is -0.757. The Morgan fingerprint density at radius 2 is 1.71 bits per heavy atom. The van der Waals surface area contributed by atoms with E-state index in [0.717, 1.165) is 0 Å². The number of aliphatic hydroxyl groups excluding tert-OH is 4. The minimum atomic E-state index is -1.24. The second kappa shape index (κ2) is 5.60. The Balaban J connectivity index is 2.60. The molecule has 0 aliphatic carbocycles. The number of hydrogen-bond donors (Lipinski definition) is 5. The zero-order chi connectivity index (χ0) is 13.2. The number of rotatable bonds is 3. The van der Waals surface area contributed by atoms with Crippen molar-refractivity contribution < 1.29 is 25.2 Å². The molecule has 0 saturated carbocycles. The minimum Gasteiger partial charge on any atom is -0.394 e. The predicted octanol–water partition coefficient (Wildman–Crippen LogP) is -1.58. The van der Waals surface area contributed by atoms with E-state index in [2.05, 4.69) is 5.32 Å². The molecule has 17 heavy (non-hydrogen) atoms. The number of ether oxygens (including phenoxy) is 1. The van der Waals surface area contributed by atoms with Crippen molar-refractivity contribution in [3.05, 3.63) is 0 Å². The SMILES string of the molecule is CC(C)(C)CNC1C(O)OC(CO)C(O)C1O. The van der Waals surface area contributed by atoms with Crippen LogP contribution in [-0.4, -0.2) is 64.2 Å². The van der Waals surface area contributed by atoms with Crippen molar-refractivity contribution in [2.75, 3.05) is 13.2 Å². The molecule has 0 amide bonds. The van der Waals surface area contributed by atoms with Crippen molar-refractivity contribution in [3.63, 3.8) is 0 Å². The van der Waals surface area contributed by atoms with Gasteiger partial charge >= 0.3 is 0 Å². The van der Waals surface area contributed by atoms with E-state index >= 15 is 0 Å². The molecular weight excluding hydrogens is 226 g/mol. The standard InChI is InChI=1S/C11H23NO5/c1-11(2,3)5-12-7-9(15)8(14)6(4-13)17-10(7)16/h6-10,12-16H,4-5H2,1-3H3. The van der Waals surface area contributed by atoms with Crippen LogP contribution in [0.4, 0.5) is 0 Å². The van der Waals surface area contributed by atoms with Crippen molar-refractivity contribution >= 4 is 0 Å². The summed E-state index contributed by atoms with van der Waals surface area (Å²) in [5.41, 5.74) is -0.0157. The molecule has 0 radical (unpaired) electrons. The van der Waals surface area contributed by atoms with Gasteiger partial charge < -0.3 is 30.5 Å². The molecule has 5 unspecified atom stereocenters. The second-order valence-corrected chi connectivity index (χ2v) is 5.70. The van der Waals surface area contributed by atoms with Gasteiger partial charge in [0.15, 0.2) is 6.29 Å². The van der Waals surface area contributed by atoms with Gasteiger partial charge in [-0.1, -0.05) is 20.8 Å². The maximum Gasteiger partial charge on any atom is 0.173 e. The molecule has 0 aromatic heterocycles. The van der Waals surface area contributed by atoms with Crippen molar-refractivity contribution in [2.24, 2.45) is 5.41 Å². The van der Waals surface area contributed by atoms with Gasteiger partial charge in [-0.05, 0) is 5.41 Å². The third-order valence-electron chi connectivity index (χ3n) is 2.77. The normalized spacial score (nSPS) is 39.4. The molecule has 0 aromatic rings. The molecule has 5 atom stereocenters. The highest BCUT2D eigenvalue weighted by molar-refractivity contribution is 4.93. The number of aliphatic hydroxyl groups is 4. The van der Waals surface area contributed by atoms with Crippen LogP contribution in [0.15, 0.2) is 0 Å². The van der Waals surface area contributed by atoms with Gasteiger partial charge in [0.25, 0.3) is 0 Å². The Kier molecular flexibility index (Phi) is 4.88. The minimum absolute atomic E-state index is 0.0157. The maximum absolute atomic E-state index is 9.84. The molecule has 1 heterocycles. The van der Waals surface area contributed by atoms with Crippen LogP contribution in [0.5, 0.6) is 0 Å². The van der Waals surface area contributed by atoms with Gasteiger partial charge in [-0.15, -0.1) is 0 Å². The Hall–Kier alpha value is -0.240. The van der Waals surface area contributed by atoms with Crippen LogP contribution >= 0.6 is 0 Å². The molecule has 5 N–H and O–H groups in total. The Morgan fingerprint density at radius 1 is 1.12 bits per heavy atom. The summed E-state index contributed by atoms with van der Waals surface area (Å²) in [7, 11) is 0. The molecule has 6 nitrogen and oxygen atoms in total. The average Bonchev–Trinajstić information content (AvgIpc) is 2.21. The number of nitrogens with one attached hydrogen (secondary N) is 1. The smallest absolute Gasteiger partial charge is 0.173 e. The van der Waals surface area contributed by atoms with E-state index in [4.69, 9.17) is 9.84 Å². The fourth-order valence-corrected chi connectivity index (χ4v) is 1.74.